The second-order valence-electron chi connectivity index (χ2n) is 7.09. The summed E-state index contributed by atoms with van der Waals surface area (Å²) in [7, 11) is 0. The maximum atomic E-state index is 12.0. The Morgan fingerprint density at radius 2 is 1.92 bits per heavy atom. The molecule has 7 heteroatoms. The van der Waals surface area contributed by atoms with E-state index in [1.165, 1.54) is 12.3 Å². The van der Waals surface area contributed by atoms with Crippen molar-refractivity contribution in [3.8, 4) is 0 Å². The number of allylic oxidation sites excluding steroid dienone is 1. The minimum atomic E-state index is -0.909. The Labute approximate surface area is 142 Å². The summed E-state index contributed by atoms with van der Waals surface area (Å²) >= 11 is 0. The Morgan fingerprint density at radius 1 is 1.25 bits per heavy atom. The number of aliphatic carboxylic acids is 1. The van der Waals surface area contributed by atoms with Crippen molar-refractivity contribution in [2.75, 3.05) is 13.1 Å². The van der Waals surface area contributed by atoms with Crippen molar-refractivity contribution < 1.29 is 24.2 Å². The van der Waals surface area contributed by atoms with Crippen LogP contribution in [-0.2, 0) is 14.3 Å². The van der Waals surface area contributed by atoms with Crippen molar-refractivity contribution in [1.82, 2.24) is 4.90 Å². The first-order valence-corrected chi connectivity index (χ1v) is 8.33. The van der Waals surface area contributed by atoms with Crippen molar-refractivity contribution in [2.45, 2.75) is 64.4 Å². The fraction of sp³-hybridized carbons (Fsp3) is 0.706. The third-order valence-corrected chi connectivity index (χ3v) is 3.91. The fourth-order valence-corrected chi connectivity index (χ4v) is 2.67. The topological polar surface area (TPSA) is 88.4 Å². The number of carbonyl (C=O) groups is 2. The van der Waals surface area contributed by atoms with Crippen molar-refractivity contribution >= 4 is 18.3 Å². The summed E-state index contributed by atoms with van der Waals surface area (Å²) in [6, 6.07) is 0. The van der Waals surface area contributed by atoms with Crippen molar-refractivity contribution in [3.63, 3.8) is 0 Å². The van der Waals surface area contributed by atoms with Crippen molar-refractivity contribution in [3.05, 3.63) is 11.6 Å². The van der Waals surface area contributed by atoms with E-state index in [2.05, 4.69) is 4.99 Å². The van der Waals surface area contributed by atoms with E-state index in [-0.39, 0.29) is 18.4 Å². The standard InChI is InChI=1S/C17H26N2O5/c1-17(2,3)24-16(22)19-10-7-13(8-11-19)23-14-5-4-12(15(20)21)6-9-18-14/h6,9,13-14H,4-5,7-8,10-11H2,1-3H3,(H,20,21). The number of carbonyl (C=O) groups excluding carboxylic acids is 1. The molecule has 1 saturated heterocycles. The maximum Gasteiger partial charge on any atom is 0.410 e. The Bertz CT molecular complexity index is 528. The smallest absolute Gasteiger partial charge is 0.410 e. The lowest BCUT2D eigenvalue weighted by molar-refractivity contribution is -0.132. The SMILES string of the molecule is CC(C)(C)OC(=O)N1CCC(OC2CCC(C(=O)O)=CC=N2)CC1. The number of amides is 1. The monoisotopic (exact) mass is 338 g/mol. The van der Waals surface area contributed by atoms with Crippen LogP contribution in [0.1, 0.15) is 46.5 Å². The maximum absolute atomic E-state index is 12.0. The van der Waals surface area contributed by atoms with Gasteiger partial charge in [0.15, 0.2) is 0 Å². The third kappa shape index (κ3) is 5.63. The highest BCUT2D eigenvalue weighted by molar-refractivity contribution is 5.92. The van der Waals surface area contributed by atoms with Crippen molar-refractivity contribution in [1.29, 1.82) is 0 Å². The van der Waals surface area contributed by atoms with E-state index in [9.17, 15) is 9.59 Å². The molecule has 0 aliphatic carbocycles. The number of piperidine rings is 1. The zero-order chi connectivity index (χ0) is 17.7. The first kappa shape index (κ1) is 18.4. The van der Waals surface area contributed by atoms with Crippen LogP contribution in [0.3, 0.4) is 0 Å². The molecule has 1 fully saturated rings. The summed E-state index contributed by atoms with van der Waals surface area (Å²) in [6.45, 7) is 6.74. The lowest BCUT2D eigenvalue weighted by atomic mass is 10.1. The van der Waals surface area contributed by atoms with E-state index in [0.717, 1.165) is 12.8 Å². The van der Waals surface area contributed by atoms with E-state index < -0.39 is 11.6 Å². The van der Waals surface area contributed by atoms with E-state index >= 15 is 0 Å². The molecule has 2 aliphatic heterocycles. The first-order valence-electron chi connectivity index (χ1n) is 8.33. The van der Waals surface area contributed by atoms with Gasteiger partial charge in [0, 0.05) is 24.9 Å². The van der Waals surface area contributed by atoms with Crippen LogP contribution in [0.4, 0.5) is 4.79 Å². The zero-order valence-corrected chi connectivity index (χ0v) is 14.5. The fourth-order valence-electron chi connectivity index (χ4n) is 2.67. The largest absolute Gasteiger partial charge is 0.478 e. The zero-order valence-electron chi connectivity index (χ0n) is 14.5. The van der Waals surface area contributed by atoms with Gasteiger partial charge in [0.2, 0.25) is 0 Å². The molecule has 2 aliphatic rings. The van der Waals surface area contributed by atoms with Gasteiger partial charge < -0.3 is 19.5 Å². The Balaban J connectivity index is 1.76. The summed E-state index contributed by atoms with van der Waals surface area (Å²) in [5, 5.41) is 9.01. The molecule has 0 aromatic heterocycles. The molecule has 7 nitrogen and oxygen atoms in total. The number of hydrogen-bond acceptors (Lipinski definition) is 5. The molecule has 24 heavy (non-hydrogen) atoms. The second-order valence-corrected chi connectivity index (χ2v) is 7.09. The van der Waals surface area contributed by atoms with Crippen LogP contribution in [0.25, 0.3) is 0 Å². The predicted octanol–water partition coefficient (Wildman–Crippen LogP) is 2.60. The number of nitrogens with zero attached hydrogens (tertiary/aromatic N) is 2. The van der Waals surface area contributed by atoms with Gasteiger partial charge in [-0.05, 0) is 52.5 Å². The minimum absolute atomic E-state index is 0.0252. The van der Waals surface area contributed by atoms with Crippen LogP contribution in [0.5, 0.6) is 0 Å². The molecule has 1 N–H and O–H groups in total. The molecule has 0 spiro atoms. The Kier molecular flexibility index (Phi) is 5.99. The Morgan fingerprint density at radius 3 is 2.50 bits per heavy atom. The molecule has 0 bridgehead atoms. The Hall–Kier alpha value is -1.89. The summed E-state index contributed by atoms with van der Waals surface area (Å²) in [4.78, 5) is 29.0. The normalized spacial score (nSPS) is 22.7. The molecule has 0 saturated carbocycles. The van der Waals surface area contributed by atoms with Gasteiger partial charge in [-0.1, -0.05) is 0 Å². The van der Waals surface area contributed by atoms with Crippen LogP contribution in [-0.4, -0.2) is 59.3 Å². The molecule has 1 atom stereocenters. The average molecular weight is 338 g/mol. The molecule has 134 valence electrons. The highest BCUT2D eigenvalue weighted by atomic mass is 16.6. The molecule has 1 unspecified atom stereocenters. The quantitative estimate of drug-likeness (QED) is 0.854. The van der Waals surface area contributed by atoms with Crippen LogP contribution in [0.2, 0.25) is 0 Å². The number of rotatable bonds is 3. The molecule has 0 radical (unpaired) electrons. The molecular weight excluding hydrogens is 312 g/mol. The van der Waals surface area contributed by atoms with Crippen LogP contribution in [0, 0.1) is 0 Å². The molecule has 0 aromatic rings. The van der Waals surface area contributed by atoms with Gasteiger partial charge in [0.05, 0.1) is 6.10 Å². The van der Waals surface area contributed by atoms with Gasteiger partial charge in [0.25, 0.3) is 0 Å². The van der Waals surface area contributed by atoms with Gasteiger partial charge in [0.1, 0.15) is 11.8 Å². The highest BCUT2D eigenvalue weighted by Crippen LogP contribution is 2.21. The van der Waals surface area contributed by atoms with E-state index in [0.29, 0.717) is 31.5 Å². The number of likely N-dealkylation sites (tertiary alicyclic amines) is 1. The minimum Gasteiger partial charge on any atom is -0.478 e. The first-order chi connectivity index (χ1) is 11.2. The van der Waals surface area contributed by atoms with Gasteiger partial charge in [-0.15, -0.1) is 0 Å². The summed E-state index contributed by atoms with van der Waals surface area (Å²) in [6.07, 6.45) is 4.90. The predicted molar refractivity (Wildman–Crippen MR) is 89.1 cm³/mol. The van der Waals surface area contributed by atoms with Crippen LogP contribution < -0.4 is 0 Å². The van der Waals surface area contributed by atoms with Crippen molar-refractivity contribution in [2.24, 2.45) is 4.99 Å². The lowest BCUT2D eigenvalue weighted by Crippen LogP contribution is -2.44. The van der Waals surface area contributed by atoms with Gasteiger partial charge in [-0.3, -0.25) is 4.99 Å². The molecule has 1 amide bonds. The number of hydrogen-bond donors (Lipinski definition) is 1. The van der Waals surface area contributed by atoms with Gasteiger partial charge in [-0.2, -0.15) is 0 Å². The van der Waals surface area contributed by atoms with E-state index in [4.69, 9.17) is 14.6 Å². The number of carboxylic acid groups (broad SMARTS) is 1. The van der Waals surface area contributed by atoms with Crippen LogP contribution >= 0.6 is 0 Å². The summed E-state index contributed by atoms with van der Waals surface area (Å²) in [5.41, 5.74) is -0.140. The molecule has 2 heterocycles. The lowest BCUT2D eigenvalue weighted by Gasteiger charge is -2.34. The van der Waals surface area contributed by atoms with E-state index in [1.54, 1.807) is 4.90 Å². The number of carboxylic acids is 1. The highest BCUT2D eigenvalue weighted by Gasteiger charge is 2.28. The third-order valence-electron chi connectivity index (χ3n) is 3.91. The molecule has 0 aromatic carbocycles. The van der Waals surface area contributed by atoms with Gasteiger partial charge >= 0.3 is 12.1 Å². The number of ether oxygens (including phenoxy) is 2. The average Bonchev–Trinajstić information content (AvgIpc) is 2.72. The molecule has 2 rings (SSSR count). The summed E-state index contributed by atoms with van der Waals surface area (Å²) < 4.78 is 11.3. The summed E-state index contributed by atoms with van der Waals surface area (Å²) in [5.74, 6) is -0.909. The van der Waals surface area contributed by atoms with Gasteiger partial charge in [-0.25, -0.2) is 9.59 Å². The second kappa shape index (κ2) is 7.79. The van der Waals surface area contributed by atoms with Crippen LogP contribution in [0.15, 0.2) is 16.6 Å². The molecular formula is C17H26N2O5. The number of aliphatic imine (C=N–C) groups is 1. The van der Waals surface area contributed by atoms with E-state index in [1.807, 2.05) is 20.8 Å².